The highest BCUT2D eigenvalue weighted by Gasteiger charge is 2.50. The lowest BCUT2D eigenvalue weighted by Crippen LogP contribution is -2.42. The van der Waals surface area contributed by atoms with E-state index >= 15 is 0 Å². The summed E-state index contributed by atoms with van der Waals surface area (Å²) in [6.45, 7) is 13.6. The van der Waals surface area contributed by atoms with Crippen molar-refractivity contribution in [3.63, 3.8) is 0 Å². The van der Waals surface area contributed by atoms with Gasteiger partial charge in [0, 0.05) is 12.1 Å². The van der Waals surface area contributed by atoms with Crippen molar-refractivity contribution >= 4 is 0 Å². The first kappa shape index (κ1) is 24.5. The van der Waals surface area contributed by atoms with Crippen LogP contribution in [0, 0.1) is 24.4 Å². The highest BCUT2D eigenvalue weighted by atomic mass is 15.4. The maximum atomic E-state index is 4.07. The van der Waals surface area contributed by atoms with Gasteiger partial charge in [-0.05, 0) is 61.0 Å². The van der Waals surface area contributed by atoms with E-state index in [2.05, 4.69) is 123 Å². The van der Waals surface area contributed by atoms with Crippen LogP contribution in [0.3, 0.4) is 0 Å². The highest BCUT2D eigenvalue weighted by molar-refractivity contribution is 5.33. The third-order valence-corrected chi connectivity index (χ3v) is 8.48. The van der Waals surface area contributed by atoms with Crippen LogP contribution in [0.1, 0.15) is 83.0 Å². The van der Waals surface area contributed by atoms with Crippen molar-refractivity contribution in [2.24, 2.45) is 17.8 Å². The fraction of sp³-hybridized carbons (Fsp3) is 0.485. The maximum absolute atomic E-state index is 4.07. The Bertz CT molecular complexity index is 956. The van der Waals surface area contributed by atoms with Gasteiger partial charge in [0.25, 0.3) is 0 Å². The molecule has 1 heterocycles. The van der Waals surface area contributed by atoms with Gasteiger partial charge in [0.1, 0.15) is 6.67 Å². The van der Waals surface area contributed by atoms with Crippen LogP contribution < -0.4 is 0 Å². The van der Waals surface area contributed by atoms with Crippen molar-refractivity contribution in [2.45, 2.75) is 84.0 Å². The average Bonchev–Trinajstić information content (AvgIpc) is 3.30. The summed E-state index contributed by atoms with van der Waals surface area (Å²) in [5, 5.41) is 0. The number of hydrogen-bond donors (Lipinski definition) is 0. The molecular formula is C33H42N2. The Morgan fingerprint density at radius 3 is 2.00 bits per heavy atom. The van der Waals surface area contributed by atoms with Crippen molar-refractivity contribution in [1.82, 2.24) is 9.80 Å². The number of nitrogens with zero attached hydrogens (tertiary/aromatic N) is 2. The molecule has 0 N–H and O–H groups in total. The summed E-state index contributed by atoms with van der Waals surface area (Å²) in [5.41, 5.74) is 4.38. The molecule has 184 valence electrons. The fourth-order valence-corrected chi connectivity index (χ4v) is 6.73. The van der Waals surface area contributed by atoms with Crippen LogP contribution in [-0.4, -0.2) is 21.9 Å². The van der Waals surface area contributed by atoms with Crippen molar-refractivity contribution in [3.8, 4) is 0 Å². The summed E-state index contributed by atoms with van der Waals surface area (Å²) in [7, 11) is 0. The molecule has 0 spiro atoms. The van der Waals surface area contributed by atoms with Gasteiger partial charge in [-0.25, -0.2) is 0 Å². The average molecular weight is 467 g/mol. The smallest absolute Gasteiger partial charge is 0.148 e. The minimum atomic E-state index is 0.239. The number of benzene rings is 2. The molecule has 3 unspecified atom stereocenters. The first-order valence-electron chi connectivity index (χ1n) is 13.9. The minimum absolute atomic E-state index is 0.239. The predicted octanol–water partition coefficient (Wildman–Crippen LogP) is 8.21. The Labute approximate surface area is 213 Å². The van der Waals surface area contributed by atoms with E-state index in [-0.39, 0.29) is 12.1 Å². The Morgan fingerprint density at radius 1 is 0.771 bits per heavy atom. The summed E-state index contributed by atoms with van der Waals surface area (Å²) in [6.07, 6.45) is 13.6. The molecule has 0 aromatic heterocycles. The van der Waals surface area contributed by atoms with Gasteiger partial charge in [-0.15, -0.1) is 0 Å². The standard InChI is InChI=1S/C33H42N2/c1-24(2)28-19-11-13-21-30(28)34-23-35(31-22-14-12-20-29(31)25(3)4)33(27-17-9-6-10-18-27)32(34)26-15-7-5-8-16-26/h5-10,13,15-18,20-21,24-25,28,30-33H,11-12,14,19,22H2,1-4H3/t28?,30?,31?,32-,33-/m1/s1. The molecule has 35 heavy (non-hydrogen) atoms. The van der Waals surface area contributed by atoms with E-state index in [4.69, 9.17) is 0 Å². The summed E-state index contributed by atoms with van der Waals surface area (Å²) < 4.78 is 0. The van der Waals surface area contributed by atoms with E-state index in [0.717, 1.165) is 0 Å². The van der Waals surface area contributed by atoms with E-state index in [1.165, 1.54) is 43.2 Å². The van der Waals surface area contributed by atoms with Crippen LogP contribution in [-0.2, 0) is 0 Å². The first-order valence-corrected chi connectivity index (χ1v) is 13.9. The molecule has 3 aliphatic rings. The molecule has 2 aromatic carbocycles. The summed E-state index contributed by atoms with van der Waals surface area (Å²) in [5.74, 6) is 1.84. The minimum Gasteiger partial charge on any atom is -0.264 e. The Morgan fingerprint density at radius 2 is 1.40 bits per heavy atom. The molecule has 5 rings (SSSR count). The molecule has 2 aliphatic carbocycles. The van der Waals surface area contributed by atoms with Gasteiger partial charge in [-0.1, -0.05) is 112 Å². The van der Waals surface area contributed by atoms with Gasteiger partial charge in [-0.2, -0.15) is 0 Å². The van der Waals surface area contributed by atoms with Crippen LogP contribution >= 0.6 is 0 Å². The fourth-order valence-electron chi connectivity index (χ4n) is 6.73. The largest absolute Gasteiger partial charge is 0.264 e. The Hall–Kier alpha value is -2.16. The van der Waals surface area contributed by atoms with E-state index in [1.54, 1.807) is 5.57 Å². The monoisotopic (exact) mass is 466 g/mol. The van der Waals surface area contributed by atoms with Crippen LogP contribution in [0.5, 0.6) is 0 Å². The van der Waals surface area contributed by atoms with Crippen LogP contribution in [0.15, 0.2) is 84.5 Å². The second kappa shape index (κ2) is 10.8. The molecule has 0 bridgehead atoms. The number of rotatable bonds is 6. The molecule has 2 aromatic rings. The van der Waals surface area contributed by atoms with Gasteiger partial charge in [0.2, 0.25) is 0 Å². The van der Waals surface area contributed by atoms with Gasteiger partial charge in [0.15, 0.2) is 0 Å². The molecule has 1 aliphatic heterocycles. The normalized spacial score (nSPS) is 30.2. The van der Waals surface area contributed by atoms with E-state index in [0.29, 0.717) is 29.8 Å². The molecule has 1 saturated heterocycles. The molecule has 1 fully saturated rings. The lowest BCUT2D eigenvalue weighted by atomic mass is 9.79. The highest BCUT2D eigenvalue weighted by Crippen LogP contribution is 2.52. The zero-order valence-corrected chi connectivity index (χ0v) is 22.0. The quantitative estimate of drug-likeness (QED) is 0.396. The van der Waals surface area contributed by atoms with Crippen LogP contribution in [0.4, 0.5) is 0 Å². The molecule has 0 saturated carbocycles. The van der Waals surface area contributed by atoms with E-state index in [1.807, 2.05) is 0 Å². The predicted molar refractivity (Wildman–Crippen MR) is 146 cm³/mol. The van der Waals surface area contributed by atoms with Gasteiger partial charge < -0.3 is 0 Å². The molecule has 2 heteroatoms. The van der Waals surface area contributed by atoms with Gasteiger partial charge in [-0.3, -0.25) is 9.80 Å². The van der Waals surface area contributed by atoms with Crippen molar-refractivity contribution < 1.29 is 0 Å². The molecule has 2 nitrogen and oxygen atoms in total. The van der Waals surface area contributed by atoms with E-state index < -0.39 is 0 Å². The SMILES string of the molecule is CC(C)C1=CCCCC1N1[C]N(C2C=CCCC2C(C)C)[C@H](c2ccccc2)[C@H]1c1ccccc1. The number of allylic oxidation sites excluding steroid dienone is 2. The van der Waals surface area contributed by atoms with Gasteiger partial charge >= 0.3 is 0 Å². The summed E-state index contributed by atoms with van der Waals surface area (Å²) in [4.78, 5) is 5.26. The maximum Gasteiger partial charge on any atom is 0.148 e. The lowest BCUT2D eigenvalue weighted by Gasteiger charge is -2.40. The molecule has 5 atom stereocenters. The Kier molecular flexibility index (Phi) is 7.60. The third-order valence-electron chi connectivity index (χ3n) is 8.48. The topological polar surface area (TPSA) is 6.48 Å². The zero-order valence-electron chi connectivity index (χ0n) is 22.0. The molecule has 2 radical (unpaired) electrons. The summed E-state index contributed by atoms with van der Waals surface area (Å²) in [6, 6.07) is 23.7. The zero-order chi connectivity index (χ0) is 24.4. The Balaban J connectivity index is 1.64. The third kappa shape index (κ3) is 4.93. The van der Waals surface area contributed by atoms with Crippen molar-refractivity contribution in [3.05, 3.63) is 102 Å². The second-order valence-corrected chi connectivity index (χ2v) is 11.3. The van der Waals surface area contributed by atoms with E-state index in [9.17, 15) is 0 Å². The van der Waals surface area contributed by atoms with Crippen LogP contribution in [0.25, 0.3) is 0 Å². The summed E-state index contributed by atoms with van der Waals surface area (Å²) >= 11 is 0. The first-order chi connectivity index (χ1) is 17.1. The molecule has 0 amide bonds. The molecular weight excluding hydrogens is 424 g/mol. The van der Waals surface area contributed by atoms with Crippen LogP contribution in [0.2, 0.25) is 0 Å². The van der Waals surface area contributed by atoms with Crippen molar-refractivity contribution in [1.29, 1.82) is 0 Å². The van der Waals surface area contributed by atoms with Crippen molar-refractivity contribution in [2.75, 3.05) is 0 Å². The van der Waals surface area contributed by atoms with Gasteiger partial charge in [0.05, 0.1) is 12.1 Å². The number of hydrogen-bond acceptors (Lipinski definition) is 2. The second-order valence-electron chi connectivity index (χ2n) is 11.3. The lowest BCUT2D eigenvalue weighted by molar-refractivity contribution is 0.139.